The number of esters is 1. The van der Waals surface area contributed by atoms with E-state index in [4.69, 9.17) is 15.9 Å². The molecule has 3 N–H and O–H groups in total. The second kappa shape index (κ2) is 7.09. The summed E-state index contributed by atoms with van der Waals surface area (Å²) >= 11 is 0. The number of methoxy groups -OCH3 is 1. The highest BCUT2D eigenvalue weighted by Crippen LogP contribution is 2.25. The number of carbonyl (C=O) groups excluding carboxylic acids is 1. The second-order valence-corrected chi connectivity index (χ2v) is 5.65. The van der Waals surface area contributed by atoms with Crippen LogP contribution in [0.3, 0.4) is 0 Å². The average Bonchev–Trinajstić information content (AvgIpc) is 2.57. The highest BCUT2D eigenvalue weighted by Gasteiger charge is 2.10. The maximum absolute atomic E-state index is 11.9. The van der Waals surface area contributed by atoms with Gasteiger partial charge in [0, 0.05) is 5.56 Å². The van der Waals surface area contributed by atoms with Crippen molar-refractivity contribution in [3.05, 3.63) is 53.1 Å². The van der Waals surface area contributed by atoms with Crippen LogP contribution in [0.1, 0.15) is 41.8 Å². The molecule has 0 fully saturated rings. The zero-order valence-corrected chi connectivity index (χ0v) is 13.7. The smallest absolute Gasteiger partial charge is 0.337 e. The molecule has 2 rings (SSSR count). The van der Waals surface area contributed by atoms with Crippen LogP contribution in [0.5, 0.6) is 0 Å². The number of hydrogen-bond donors (Lipinski definition) is 2. The number of allylic oxidation sites excluding steroid dienone is 1. The molecule has 4 heteroatoms. The summed E-state index contributed by atoms with van der Waals surface area (Å²) in [6.45, 7) is 4.27. The Bertz CT molecular complexity index is 778. The van der Waals surface area contributed by atoms with Crippen LogP contribution < -0.4 is 5.73 Å². The Kier molecular flexibility index (Phi) is 5.16. The summed E-state index contributed by atoms with van der Waals surface area (Å²) in [7, 11) is 1.38. The molecule has 0 saturated heterocycles. The third-order valence-electron chi connectivity index (χ3n) is 3.97. The molecule has 120 valence electrons. The Balaban J connectivity index is 2.66. The minimum atomic E-state index is -0.360. The quantitative estimate of drug-likeness (QED) is 0.498. The van der Waals surface area contributed by atoms with Crippen LogP contribution in [-0.2, 0) is 4.74 Å². The van der Waals surface area contributed by atoms with Crippen LogP contribution in [0.15, 0.2) is 36.4 Å². The van der Waals surface area contributed by atoms with Gasteiger partial charge in [-0.25, -0.2) is 4.79 Å². The molecular formula is C19H22N2O2. The third-order valence-corrected chi connectivity index (χ3v) is 3.97. The molecular weight excluding hydrogens is 288 g/mol. The zero-order chi connectivity index (χ0) is 17.0. The Labute approximate surface area is 136 Å². The molecule has 2 aromatic carbocycles. The van der Waals surface area contributed by atoms with Crippen LogP contribution in [-0.4, -0.2) is 18.9 Å². The van der Waals surface area contributed by atoms with Gasteiger partial charge in [-0.05, 0) is 40.5 Å². The van der Waals surface area contributed by atoms with Crippen molar-refractivity contribution in [1.29, 1.82) is 5.41 Å². The first-order chi connectivity index (χ1) is 11.0. The minimum absolute atomic E-state index is 0.0285. The molecule has 0 saturated carbocycles. The molecule has 0 aliphatic heterocycles. The molecule has 0 aliphatic rings. The van der Waals surface area contributed by atoms with E-state index in [2.05, 4.69) is 19.9 Å². The van der Waals surface area contributed by atoms with Gasteiger partial charge in [0.2, 0.25) is 0 Å². The lowest BCUT2D eigenvalue weighted by Gasteiger charge is -2.09. The Morgan fingerprint density at radius 3 is 2.65 bits per heavy atom. The molecule has 2 aromatic rings. The number of carbonyl (C=O) groups is 1. The van der Waals surface area contributed by atoms with Gasteiger partial charge < -0.3 is 10.5 Å². The molecule has 0 bridgehead atoms. The fourth-order valence-electron chi connectivity index (χ4n) is 2.33. The van der Waals surface area contributed by atoms with Crippen LogP contribution in [0.25, 0.3) is 16.8 Å². The first-order valence-corrected chi connectivity index (χ1v) is 7.65. The molecule has 1 unspecified atom stereocenters. The summed E-state index contributed by atoms with van der Waals surface area (Å²) in [5, 5.41) is 9.49. The fourth-order valence-corrected chi connectivity index (χ4v) is 2.33. The van der Waals surface area contributed by atoms with Gasteiger partial charge in [0.25, 0.3) is 0 Å². The Hall–Kier alpha value is -2.62. The van der Waals surface area contributed by atoms with Gasteiger partial charge in [0.05, 0.1) is 12.7 Å². The van der Waals surface area contributed by atoms with Crippen molar-refractivity contribution in [2.45, 2.75) is 20.3 Å². The molecule has 0 spiro atoms. The van der Waals surface area contributed by atoms with Gasteiger partial charge in [-0.2, -0.15) is 0 Å². The number of nitrogens with one attached hydrogen (secondary N) is 1. The van der Waals surface area contributed by atoms with E-state index in [0.717, 1.165) is 22.8 Å². The molecule has 1 atom stereocenters. The maximum Gasteiger partial charge on any atom is 0.337 e. The van der Waals surface area contributed by atoms with Crippen LogP contribution in [0, 0.1) is 11.3 Å². The lowest BCUT2D eigenvalue weighted by molar-refractivity contribution is 0.0601. The largest absolute Gasteiger partial charge is 0.465 e. The van der Waals surface area contributed by atoms with Crippen molar-refractivity contribution in [2.75, 3.05) is 7.11 Å². The lowest BCUT2D eigenvalue weighted by Crippen LogP contribution is -2.10. The summed E-state index contributed by atoms with van der Waals surface area (Å²) in [6, 6.07) is 9.16. The highest BCUT2D eigenvalue weighted by atomic mass is 16.5. The van der Waals surface area contributed by atoms with Gasteiger partial charge in [-0.1, -0.05) is 44.6 Å². The average molecular weight is 310 g/mol. The van der Waals surface area contributed by atoms with Crippen LogP contribution >= 0.6 is 0 Å². The van der Waals surface area contributed by atoms with E-state index in [1.165, 1.54) is 7.11 Å². The fraction of sp³-hybridized carbons (Fsp3) is 0.263. The summed E-state index contributed by atoms with van der Waals surface area (Å²) in [4.78, 5) is 11.9. The first-order valence-electron chi connectivity index (χ1n) is 7.65. The van der Waals surface area contributed by atoms with Crippen molar-refractivity contribution in [1.82, 2.24) is 0 Å². The molecule has 0 aromatic heterocycles. The lowest BCUT2D eigenvalue weighted by atomic mass is 9.97. The number of ether oxygens (including phenoxy) is 1. The van der Waals surface area contributed by atoms with E-state index >= 15 is 0 Å². The molecule has 4 nitrogen and oxygen atoms in total. The Morgan fingerprint density at radius 2 is 2.04 bits per heavy atom. The molecule has 23 heavy (non-hydrogen) atoms. The topological polar surface area (TPSA) is 76.2 Å². The van der Waals surface area contributed by atoms with E-state index in [1.807, 2.05) is 24.3 Å². The van der Waals surface area contributed by atoms with E-state index < -0.39 is 0 Å². The molecule has 0 radical (unpaired) electrons. The van der Waals surface area contributed by atoms with Crippen LogP contribution in [0.4, 0.5) is 0 Å². The summed E-state index contributed by atoms with van der Waals surface area (Å²) in [6.07, 6.45) is 5.19. The van der Waals surface area contributed by atoms with E-state index in [1.54, 1.807) is 12.1 Å². The number of nitrogens with two attached hydrogens (primary N) is 1. The van der Waals surface area contributed by atoms with Gasteiger partial charge in [-0.3, -0.25) is 5.41 Å². The van der Waals surface area contributed by atoms with Crippen molar-refractivity contribution in [2.24, 2.45) is 11.7 Å². The molecule has 0 amide bonds. The predicted molar refractivity (Wildman–Crippen MR) is 94.8 cm³/mol. The molecule has 0 heterocycles. The normalized spacial score (nSPS) is 12.5. The van der Waals surface area contributed by atoms with E-state index in [0.29, 0.717) is 17.0 Å². The van der Waals surface area contributed by atoms with E-state index in [-0.39, 0.29) is 11.8 Å². The third kappa shape index (κ3) is 3.77. The zero-order valence-electron chi connectivity index (χ0n) is 13.7. The predicted octanol–water partition coefficient (Wildman–Crippen LogP) is 3.97. The number of nitrogen functional groups attached to an aromatic ring is 1. The molecule has 0 aliphatic carbocycles. The van der Waals surface area contributed by atoms with Gasteiger partial charge in [0.15, 0.2) is 0 Å². The van der Waals surface area contributed by atoms with Crippen molar-refractivity contribution < 1.29 is 9.53 Å². The number of hydrogen-bond acceptors (Lipinski definition) is 3. The van der Waals surface area contributed by atoms with Crippen molar-refractivity contribution in [3.63, 3.8) is 0 Å². The number of fused-ring (bicyclic) bond motifs is 1. The Morgan fingerprint density at radius 1 is 1.30 bits per heavy atom. The summed E-state index contributed by atoms with van der Waals surface area (Å²) in [5.41, 5.74) is 7.69. The SMILES string of the molecule is CCC(C)/C=C/c1cc(C(=O)OC)cc2ccc(C(=N)N)cc12. The van der Waals surface area contributed by atoms with E-state index in [9.17, 15) is 4.79 Å². The van der Waals surface area contributed by atoms with Gasteiger partial charge in [-0.15, -0.1) is 0 Å². The first kappa shape index (κ1) is 16.7. The highest BCUT2D eigenvalue weighted by molar-refractivity contribution is 6.03. The van der Waals surface area contributed by atoms with Crippen LogP contribution in [0.2, 0.25) is 0 Å². The summed E-state index contributed by atoms with van der Waals surface area (Å²) < 4.78 is 4.83. The number of benzene rings is 2. The number of amidine groups is 1. The monoisotopic (exact) mass is 310 g/mol. The minimum Gasteiger partial charge on any atom is -0.465 e. The maximum atomic E-state index is 11.9. The van der Waals surface area contributed by atoms with Crippen molar-refractivity contribution in [3.8, 4) is 0 Å². The van der Waals surface area contributed by atoms with Gasteiger partial charge >= 0.3 is 5.97 Å². The number of rotatable bonds is 5. The summed E-state index contributed by atoms with van der Waals surface area (Å²) in [5.74, 6) is 0.115. The van der Waals surface area contributed by atoms with Gasteiger partial charge in [0.1, 0.15) is 5.84 Å². The second-order valence-electron chi connectivity index (χ2n) is 5.65. The van der Waals surface area contributed by atoms with Crippen molar-refractivity contribution >= 4 is 28.7 Å². The standard InChI is InChI=1S/C19H22N2O2/c1-4-12(2)5-6-13-9-16(19(22)23-3)10-14-7-8-15(18(20)21)11-17(13)14/h5-12H,4H2,1-3H3,(H3,20,21)/b6-5+.